The summed E-state index contributed by atoms with van der Waals surface area (Å²) in [7, 11) is -0.0714. The molecule has 2 aliphatic heterocycles. The zero-order valence-corrected chi connectivity index (χ0v) is 18.5. The number of hydrazone groups is 1. The number of pyridine rings is 1. The number of rotatable bonds is 1. The van der Waals surface area contributed by atoms with Gasteiger partial charge in [0.15, 0.2) is 0 Å². The van der Waals surface area contributed by atoms with Crippen molar-refractivity contribution < 1.29 is 4.65 Å². The molecule has 0 N–H and O–H groups in total. The van der Waals surface area contributed by atoms with Crippen LogP contribution in [0.25, 0.3) is 6.08 Å². The smallest absolute Gasteiger partial charge is 0.411 e. The van der Waals surface area contributed by atoms with Crippen molar-refractivity contribution in [1.29, 1.82) is 0 Å². The quantitative estimate of drug-likeness (QED) is 0.671. The summed E-state index contributed by atoms with van der Waals surface area (Å²) in [5, 5.41) is 5.45. The van der Waals surface area contributed by atoms with E-state index in [4.69, 9.17) is 14.7 Å². The Kier molecular flexibility index (Phi) is 3.47. The van der Waals surface area contributed by atoms with Gasteiger partial charge >= 0.3 is 7.05 Å². The summed E-state index contributed by atoms with van der Waals surface area (Å²) in [6, 6.07) is 0. The zero-order valence-electron chi connectivity index (χ0n) is 18.5. The van der Waals surface area contributed by atoms with Gasteiger partial charge in [0.05, 0.1) is 11.4 Å². The van der Waals surface area contributed by atoms with Gasteiger partial charge in [-0.3, -0.25) is 4.98 Å². The molecule has 7 aliphatic rings. The average Bonchev–Trinajstić information content (AvgIpc) is 3.14. The molecule has 5 heteroatoms. The van der Waals surface area contributed by atoms with E-state index in [0.29, 0.717) is 11.3 Å². The van der Waals surface area contributed by atoms with E-state index in [0.717, 1.165) is 37.3 Å². The van der Waals surface area contributed by atoms with Crippen LogP contribution in [0.1, 0.15) is 69.7 Å². The maximum Gasteiger partial charge on any atom is 0.471 e. The molecule has 3 unspecified atom stereocenters. The lowest BCUT2D eigenvalue weighted by molar-refractivity contribution is -0.0639. The highest BCUT2D eigenvalue weighted by Crippen LogP contribution is 2.62. The molecule has 4 bridgehead atoms. The summed E-state index contributed by atoms with van der Waals surface area (Å²) < 4.78 is 6.41. The van der Waals surface area contributed by atoms with E-state index in [1.165, 1.54) is 60.1 Å². The standard InChI is InChI=1S/C25H32BN3O/c1-24(2)13-29-26(30-14-24)19-12-27-20-6-4-5-18(20)22(19)23(28-29)21-16-7-15-8-17(21)11-25(3,9-15)10-16/h4-5,12,15-17,21H,6-11,13-14H2,1-3H3/t15?,16-,17+,21?,25?. The van der Waals surface area contributed by atoms with Gasteiger partial charge in [-0.1, -0.05) is 32.9 Å². The van der Waals surface area contributed by atoms with Crippen LogP contribution in [0.4, 0.5) is 0 Å². The van der Waals surface area contributed by atoms with Crippen LogP contribution in [0.3, 0.4) is 0 Å². The summed E-state index contributed by atoms with van der Waals surface area (Å²) in [5.41, 5.74) is 7.30. The highest BCUT2D eigenvalue weighted by Gasteiger charge is 2.56. The maximum atomic E-state index is 6.41. The molecule has 0 aromatic carbocycles. The first-order valence-electron chi connectivity index (χ1n) is 12.0. The Bertz CT molecular complexity index is 982. The van der Waals surface area contributed by atoms with Crippen LogP contribution in [0.5, 0.6) is 0 Å². The minimum absolute atomic E-state index is 0.0714. The van der Waals surface area contributed by atoms with Crippen molar-refractivity contribution in [2.45, 2.75) is 59.3 Å². The number of nitrogens with zero attached hydrogens (tertiary/aromatic N) is 3. The van der Waals surface area contributed by atoms with Gasteiger partial charge in [-0.05, 0) is 55.3 Å². The molecule has 1 saturated heterocycles. The van der Waals surface area contributed by atoms with Crippen LogP contribution in [-0.2, 0) is 11.1 Å². The Hall–Kier alpha value is -1.62. The largest absolute Gasteiger partial charge is 0.471 e. The van der Waals surface area contributed by atoms with Gasteiger partial charge in [-0.25, -0.2) is 0 Å². The van der Waals surface area contributed by atoms with Crippen LogP contribution < -0.4 is 5.46 Å². The van der Waals surface area contributed by atoms with Crippen LogP contribution in [0.2, 0.25) is 0 Å². The van der Waals surface area contributed by atoms with E-state index in [1.807, 2.05) is 0 Å². The highest BCUT2D eigenvalue weighted by atomic mass is 16.5. The van der Waals surface area contributed by atoms with Crippen LogP contribution in [0, 0.1) is 34.5 Å². The van der Waals surface area contributed by atoms with E-state index in [9.17, 15) is 0 Å². The van der Waals surface area contributed by atoms with Crippen LogP contribution >= 0.6 is 0 Å². The van der Waals surface area contributed by atoms with Gasteiger partial charge in [0.25, 0.3) is 0 Å². The molecule has 0 amide bonds. The molecule has 3 heterocycles. The molecule has 4 saturated carbocycles. The molecule has 8 rings (SSSR count). The fourth-order valence-electron chi connectivity index (χ4n) is 8.28. The number of hydrogen-bond donors (Lipinski definition) is 0. The molecule has 156 valence electrons. The van der Waals surface area contributed by atoms with Crippen LogP contribution in [0.15, 0.2) is 17.4 Å². The number of allylic oxidation sites excluding steroid dienone is 1. The Balaban J connectivity index is 1.39. The van der Waals surface area contributed by atoms with Gasteiger partial charge in [0.1, 0.15) is 0 Å². The maximum absolute atomic E-state index is 6.41. The van der Waals surface area contributed by atoms with Crippen LogP contribution in [-0.4, -0.2) is 35.8 Å². The van der Waals surface area contributed by atoms with E-state index < -0.39 is 0 Å². The monoisotopic (exact) mass is 401 g/mol. The summed E-state index contributed by atoms with van der Waals surface area (Å²) in [6.45, 7) is 8.88. The lowest BCUT2D eigenvalue weighted by Crippen LogP contribution is -2.62. The first kappa shape index (κ1) is 18.0. The third-order valence-corrected chi connectivity index (χ3v) is 8.97. The second kappa shape index (κ2) is 5.79. The third kappa shape index (κ3) is 2.45. The second-order valence-electron chi connectivity index (χ2n) is 12.3. The predicted octanol–water partition coefficient (Wildman–Crippen LogP) is 3.88. The fourth-order valence-corrected chi connectivity index (χ4v) is 8.28. The number of fused-ring (bicyclic) bond motifs is 5. The fraction of sp³-hybridized carbons (Fsp3) is 0.680. The molecule has 1 aromatic heterocycles. The Morgan fingerprint density at radius 1 is 1.13 bits per heavy atom. The van der Waals surface area contributed by atoms with Gasteiger partial charge in [-0.2, -0.15) is 5.10 Å². The normalized spacial score (nSPS) is 39.6. The first-order chi connectivity index (χ1) is 14.4. The zero-order chi connectivity index (χ0) is 20.3. The average molecular weight is 401 g/mol. The first-order valence-corrected chi connectivity index (χ1v) is 12.0. The predicted molar refractivity (Wildman–Crippen MR) is 120 cm³/mol. The lowest BCUT2D eigenvalue weighted by atomic mass is 9.45. The van der Waals surface area contributed by atoms with Crippen molar-refractivity contribution in [3.63, 3.8) is 0 Å². The molecule has 1 aromatic rings. The van der Waals surface area contributed by atoms with Gasteiger partial charge in [0, 0.05) is 53.7 Å². The van der Waals surface area contributed by atoms with Crippen molar-refractivity contribution >= 4 is 24.3 Å². The summed E-state index contributed by atoms with van der Waals surface area (Å²) in [4.78, 5) is 7.12. The number of hydrogen-bond acceptors (Lipinski definition) is 4. The van der Waals surface area contributed by atoms with Crippen molar-refractivity contribution in [2.24, 2.45) is 39.6 Å². The lowest BCUT2D eigenvalue weighted by Gasteiger charge is -2.60. The van der Waals surface area contributed by atoms with Gasteiger partial charge in [-0.15, -0.1) is 0 Å². The molecule has 0 spiro atoms. The molecule has 30 heavy (non-hydrogen) atoms. The molecule has 5 fully saturated rings. The van der Waals surface area contributed by atoms with E-state index in [-0.39, 0.29) is 12.5 Å². The van der Waals surface area contributed by atoms with Crippen molar-refractivity contribution in [2.75, 3.05) is 13.2 Å². The Morgan fingerprint density at radius 2 is 1.93 bits per heavy atom. The molecular formula is C25H32BN3O. The second-order valence-corrected chi connectivity index (χ2v) is 12.3. The molecular weight excluding hydrogens is 369 g/mol. The molecule has 5 aliphatic carbocycles. The number of aromatic nitrogens is 1. The topological polar surface area (TPSA) is 37.7 Å². The van der Waals surface area contributed by atoms with Crippen molar-refractivity contribution in [3.05, 3.63) is 29.1 Å². The third-order valence-electron chi connectivity index (χ3n) is 8.97. The Labute approximate surface area is 180 Å². The Morgan fingerprint density at radius 3 is 2.70 bits per heavy atom. The molecule has 5 atom stereocenters. The minimum Gasteiger partial charge on any atom is -0.411 e. The van der Waals surface area contributed by atoms with E-state index >= 15 is 0 Å². The summed E-state index contributed by atoms with van der Waals surface area (Å²) >= 11 is 0. The summed E-state index contributed by atoms with van der Waals surface area (Å²) in [5.74, 6) is 3.18. The van der Waals surface area contributed by atoms with E-state index in [1.54, 1.807) is 0 Å². The van der Waals surface area contributed by atoms with E-state index in [2.05, 4.69) is 44.0 Å². The SMILES string of the molecule is CC1(C)COB2c3cnc4c(c3C(C3[C@@H]5CC6C[C@H]3CC(C)(C6)C5)=NN2C1)C=CC4. The van der Waals surface area contributed by atoms with Gasteiger partial charge in [0.2, 0.25) is 0 Å². The van der Waals surface area contributed by atoms with Gasteiger partial charge < -0.3 is 9.57 Å². The highest BCUT2D eigenvalue weighted by molar-refractivity contribution is 6.67. The summed E-state index contributed by atoms with van der Waals surface area (Å²) in [6.07, 6.45) is 14.7. The minimum atomic E-state index is -0.0714. The molecule has 4 nitrogen and oxygen atoms in total. The molecule has 0 radical (unpaired) electrons. The van der Waals surface area contributed by atoms with Crippen molar-refractivity contribution in [3.8, 4) is 0 Å². The van der Waals surface area contributed by atoms with Crippen molar-refractivity contribution in [1.82, 2.24) is 9.90 Å².